The van der Waals surface area contributed by atoms with Gasteiger partial charge in [0.05, 0.1) is 6.54 Å². The summed E-state index contributed by atoms with van der Waals surface area (Å²) in [6.45, 7) is 4.48. The largest absolute Gasteiger partial charge is 0.486 e. The molecule has 0 aromatic heterocycles. The SMILES string of the molecule is CN=C(NCC(C)Oc1ccccc1F)NC1CCN(c2ccccc2)CC1.I. The average molecular weight is 512 g/mol. The van der Waals surface area contributed by atoms with Crippen molar-refractivity contribution in [3.8, 4) is 5.75 Å². The third-order valence-corrected chi connectivity index (χ3v) is 4.90. The van der Waals surface area contributed by atoms with Gasteiger partial charge >= 0.3 is 0 Å². The lowest BCUT2D eigenvalue weighted by atomic mass is 10.0. The first-order chi connectivity index (χ1) is 13.7. The van der Waals surface area contributed by atoms with Gasteiger partial charge in [-0.15, -0.1) is 24.0 Å². The summed E-state index contributed by atoms with van der Waals surface area (Å²) >= 11 is 0. The molecule has 1 fully saturated rings. The summed E-state index contributed by atoms with van der Waals surface area (Å²) < 4.78 is 19.4. The Morgan fingerprint density at radius 3 is 2.45 bits per heavy atom. The second-order valence-electron chi connectivity index (χ2n) is 7.05. The van der Waals surface area contributed by atoms with Crippen LogP contribution in [-0.2, 0) is 0 Å². The molecule has 29 heavy (non-hydrogen) atoms. The maximum absolute atomic E-state index is 13.7. The van der Waals surface area contributed by atoms with Crippen LogP contribution in [0.15, 0.2) is 59.6 Å². The van der Waals surface area contributed by atoms with E-state index in [1.54, 1.807) is 25.2 Å². The van der Waals surface area contributed by atoms with Gasteiger partial charge in [-0.3, -0.25) is 4.99 Å². The Bertz CT molecular complexity index is 766. The lowest BCUT2D eigenvalue weighted by Gasteiger charge is -2.34. The average Bonchev–Trinajstić information content (AvgIpc) is 2.74. The van der Waals surface area contributed by atoms with Crippen LogP contribution in [0.2, 0.25) is 0 Å². The van der Waals surface area contributed by atoms with Crippen LogP contribution in [0.4, 0.5) is 10.1 Å². The van der Waals surface area contributed by atoms with Crippen LogP contribution in [0.25, 0.3) is 0 Å². The molecule has 0 bridgehead atoms. The molecular formula is C22H30FIN4O. The highest BCUT2D eigenvalue weighted by Gasteiger charge is 2.20. The van der Waals surface area contributed by atoms with Gasteiger partial charge in [-0.1, -0.05) is 30.3 Å². The van der Waals surface area contributed by atoms with Crippen molar-refractivity contribution in [1.29, 1.82) is 0 Å². The van der Waals surface area contributed by atoms with E-state index in [4.69, 9.17) is 4.74 Å². The van der Waals surface area contributed by atoms with E-state index in [1.165, 1.54) is 11.8 Å². The van der Waals surface area contributed by atoms with Gasteiger partial charge in [-0.05, 0) is 44.0 Å². The van der Waals surface area contributed by atoms with Crippen LogP contribution in [0, 0.1) is 5.82 Å². The maximum Gasteiger partial charge on any atom is 0.191 e. The second-order valence-corrected chi connectivity index (χ2v) is 7.05. The van der Waals surface area contributed by atoms with E-state index in [0.717, 1.165) is 31.9 Å². The summed E-state index contributed by atoms with van der Waals surface area (Å²) in [6, 6.07) is 17.4. The number of rotatable bonds is 6. The highest BCUT2D eigenvalue weighted by atomic mass is 127. The van der Waals surface area contributed by atoms with Crippen LogP contribution in [0.3, 0.4) is 0 Å². The van der Waals surface area contributed by atoms with Crippen LogP contribution < -0.4 is 20.3 Å². The molecule has 0 radical (unpaired) electrons. The number of para-hydroxylation sites is 2. The Balaban J connectivity index is 0.00000300. The number of hydrogen-bond donors (Lipinski definition) is 2. The summed E-state index contributed by atoms with van der Waals surface area (Å²) in [6.07, 6.45) is 1.92. The zero-order chi connectivity index (χ0) is 19.8. The molecule has 1 saturated heterocycles. The Morgan fingerprint density at radius 1 is 1.14 bits per heavy atom. The minimum absolute atomic E-state index is 0. The van der Waals surface area contributed by atoms with Crippen molar-refractivity contribution in [2.24, 2.45) is 4.99 Å². The Hall–Kier alpha value is -2.03. The molecule has 2 N–H and O–H groups in total. The lowest BCUT2D eigenvalue weighted by molar-refractivity contribution is 0.214. The third-order valence-electron chi connectivity index (χ3n) is 4.90. The van der Waals surface area contributed by atoms with Crippen LogP contribution in [-0.4, -0.2) is 44.8 Å². The van der Waals surface area contributed by atoms with E-state index in [-0.39, 0.29) is 41.6 Å². The summed E-state index contributed by atoms with van der Waals surface area (Å²) in [4.78, 5) is 6.72. The number of ether oxygens (including phenoxy) is 1. The number of benzene rings is 2. The minimum Gasteiger partial charge on any atom is -0.486 e. The second kappa shape index (κ2) is 11.8. The van der Waals surface area contributed by atoms with E-state index in [2.05, 4.69) is 44.8 Å². The number of aliphatic imine (C=N–C) groups is 1. The van der Waals surface area contributed by atoms with E-state index in [9.17, 15) is 4.39 Å². The standard InChI is InChI=1S/C22H29FN4O.HI/c1-17(28-21-11-7-6-10-20(21)23)16-25-22(24-2)26-18-12-14-27(15-13-18)19-8-4-3-5-9-19;/h3-11,17-18H,12-16H2,1-2H3,(H2,24,25,26);1H. The number of nitrogens with zero attached hydrogens (tertiary/aromatic N) is 2. The number of nitrogens with one attached hydrogen (secondary N) is 2. The fourth-order valence-corrected chi connectivity index (χ4v) is 3.35. The molecule has 1 unspecified atom stereocenters. The van der Waals surface area contributed by atoms with Crippen molar-refractivity contribution in [2.75, 3.05) is 31.6 Å². The molecule has 0 spiro atoms. The van der Waals surface area contributed by atoms with Crippen LogP contribution in [0.1, 0.15) is 19.8 Å². The molecule has 158 valence electrons. The number of piperidine rings is 1. The van der Waals surface area contributed by atoms with E-state index in [0.29, 0.717) is 12.6 Å². The van der Waals surface area contributed by atoms with Crippen LogP contribution in [0.5, 0.6) is 5.75 Å². The van der Waals surface area contributed by atoms with Crippen molar-refractivity contribution in [3.05, 3.63) is 60.4 Å². The van der Waals surface area contributed by atoms with Crippen molar-refractivity contribution in [1.82, 2.24) is 10.6 Å². The highest BCUT2D eigenvalue weighted by molar-refractivity contribution is 14.0. The molecule has 0 aliphatic carbocycles. The summed E-state index contributed by atoms with van der Waals surface area (Å²) in [5, 5.41) is 6.77. The highest BCUT2D eigenvalue weighted by Crippen LogP contribution is 2.19. The molecule has 1 aliphatic heterocycles. The number of halogens is 2. The Morgan fingerprint density at radius 2 is 1.79 bits per heavy atom. The molecule has 7 heteroatoms. The molecular weight excluding hydrogens is 482 g/mol. The van der Waals surface area contributed by atoms with Crippen LogP contribution >= 0.6 is 24.0 Å². The van der Waals surface area contributed by atoms with Gasteiger partial charge in [0.1, 0.15) is 6.10 Å². The first-order valence-corrected chi connectivity index (χ1v) is 9.84. The van der Waals surface area contributed by atoms with Gasteiger partial charge in [0.15, 0.2) is 17.5 Å². The topological polar surface area (TPSA) is 48.9 Å². The molecule has 1 aliphatic rings. The Labute approximate surface area is 189 Å². The Kier molecular flexibility index (Phi) is 9.50. The first-order valence-electron chi connectivity index (χ1n) is 9.84. The molecule has 1 heterocycles. The predicted octanol–water partition coefficient (Wildman–Crippen LogP) is 4.05. The van der Waals surface area contributed by atoms with Gasteiger partial charge in [0.25, 0.3) is 0 Å². The molecule has 2 aromatic rings. The lowest BCUT2D eigenvalue weighted by Crippen LogP contribution is -2.50. The predicted molar refractivity (Wildman–Crippen MR) is 128 cm³/mol. The summed E-state index contributed by atoms with van der Waals surface area (Å²) in [5.74, 6) is 0.678. The number of anilines is 1. The van der Waals surface area contributed by atoms with Crippen molar-refractivity contribution in [2.45, 2.75) is 31.9 Å². The molecule has 1 atom stereocenters. The zero-order valence-corrected chi connectivity index (χ0v) is 19.3. The fraction of sp³-hybridized carbons (Fsp3) is 0.409. The van der Waals surface area contributed by atoms with Gasteiger partial charge in [0.2, 0.25) is 0 Å². The smallest absolute Gasteiger partial charge is 0.191 e. The summed E-state index contributed by atoms with van der Waals surface area (Å²) in [7, 11) is 1.76. The van der Waals surface area contributed by atoms with E-state index < -0.39 is 0 Å². The number of hydrogen-bond acceptors (Lipinski definition) is 3. The van der Waals surface area contributed by atoms with Crippen molar-refractivity contribution >= 4 is 35.6 Å². The van der Waals surface area contributed by atoms with Crippen molar-refractivity contribution in [3.63, 3.8) is 0 Å². The van der Waals surface area contributed by atoms with Gasteiger partial charge in [-0.25, -0.2) is 4.39 Å². The molecule has 0 saturated carbocycles. The molecule has 5 nitrogen and oxygen atoms in total. The first kappa shape index (κ1) is 23.3. The quantitative estimate of drug-likeness (QED) is 0.349. The van der Waals surface area contributed by atoms with Gasteiger partial charge in [0, 0.05) is 31.9 Å². The molecule has 0 amide bonds. The summed E-state index contributed by atoms with van der Waals surface area (Å²) in [5.41, 5.74) is 1.28. The third kappa shape index (κ3) is 7.06. The zero-order valence-electron chi connectivity index (χ0n) is 17.0. The number of guanidine groups is 1. The van der Waals surface area contributed by atoms with Gasteiger partial charge in [-0.2, -0.15) is 0 Å². The fourth-order valence-electron chi connectivity index (χ4n) is 3.35. The molecule has 2 aromatic carbocycles. The van der Waals surface area contributed by atoms with Crippen molar-refractivity contribution < 1.29 is 9.13 Å². The van der Waals surface area contributed by atoms with E-state index >= 15 is 0 Å². The van der Waals surface area contributed by atoms with Gasteiger partial charge < -0.3 is 20.3 Å². The van der Waals surface area contributed by atoms with E-state index in [1.807, 2.05) is 13.0 Å². The minimum atomic E-state index is -0.345. The molecule has 3 rings (SSSR count). The monoisotopic (exact) mass is 512 g/mol. The normalized spacial score (nSPS) is 16.0. The maximum atomic E-state index is 13.7.